The Bertz CT molecular complexity index is 420. The maximum atomic E-state index is 12.3. The molecule has 0 aliphatic heterocycles. The maximum Gasteiger partial charge on any atom is 0.244 e. The highest BCUT2D eigenvalue weighted by molar-refractivity contribution is 7.89. The molecular formula is C11H19N3O2S. The van der Waals surface area contributed by atoms with Gasteiger partial charge in [-0.3, -0.25) is 4.98 Å². The number of nitrogens with zero attached hydrogens (tertiary/aromatic N) is 2. The zero-order chi connectivity index (χ0) is 12.7. The summed E-state index contributed by atoms with van der Waals surface area (Å²) in [5, 5.41) is 0. The first-order valence-corrected chi connectivity index (χ1v) is 7.17. The van der Waals surface area contributed by atoms with Gasteiger partial charge < -0.3 is 5.73 Å². The topological polar surface area (TPSA) is 76.3 Å². The minimum atomic E-state index is -3.42. The molecule has 17 heavy (non-hydrogen) atoms. The van der Waals surface area contributed by atoms with Crippen LogP contribution in [0.2, 0.25) is 0 Å². The second-order valence-electron chi connectivity index (χ2n) is 3.74. The fourth-order valence-electron chi connectivity index (χ4n) is 1.52. The van der Waals surface area contributed by atoms with Crippen molar-refractivity contribution in [1.82, 2.24) is 9.29 Å². The van der Waals surface area contributed by atoms with Crippen LogP contribution in [0.4, 0.5) is 0 Å². The van der Waals surface area contributed by atoms with Gasteiger partial charge in [0.1, 0.15) is 4.90 Å². The van der Waals surface area contributed by atoms with Crippen LogP contribution in [-0.4, -0.2) is 37.3 Å². The summed E-state index contributed by atoms with van der Waals surface area (Å²) in [5.74, 6) is 0. The van der Waals surface area contributed by atoms with Crippen molar-refractivity contribution in [3.8, 4) is 0 Å². The molecule has 96 valence electrons. The van der Waals surface area contributed by atoms with Gasteiger partial charge in [0, 0.05) is 25.5 Å². The van der Waals surface area contributed by atoms with Gasteiger partial charge in [0.05, 0.1) is 0 Å². The Kier molecular flexibility index (Phi) is 5.54. The van der Waals surface area contributed by atoms with E-state index in [9.17, 15) is 8.42 Å². The van der Waals surface area contributed by atoms with Crippen molar-refractivity contribution in [3.63, 3.8) is 0 Å². The maximum absolute atomic E-state index is 12.3. The number of aromatic nitrogens is 1. The highest BCUT2D eigenvalue weighted by atomic mass is 32.2. The molecule has 0 atom stereocenters. The van der Waals surface area contributed by atoms with Gasteiger partial charge >= 0.3 is 0 Å². The summed E-state index contributed by atoms with van der Waals surface area (Å²) in [4.78, 5) is 4.08. The van der Waals surface area contributed by atoms with E-state index in [0.717, 1.165) is 6.42 Å². The van der Waals surface area contributed by atoms with E-state index < -0.39 is 10.0 Å². The largest absolute Gasteiger partial charge is 0.330 e. The molecule has 0 unspecified atom stereocenters. The third-order valence-electron chi connectivity index (χ3n) is 2.36. The van der Waals surface area contributed by atoms with Crippen LogP contribution in [0.3, 0.4) is 0 Å². The smallest absolute Gasteiger partial charge is 0.244 e. The van der Waals surface area contributed by atoms with Crippen molar-refractivity contribution in [3.05, 3.63) is 24.5 Å². The van der Waals surface area contributed by atoms with Gasteiger partial charge in [0.2, 0.25) is 10.0 Å². The number of pyridine rings is 1. The van der Waals surface area contributed by atoms with Crippen LogP contribution in [0.25, 0.3) is 0 Å². The van der Waals surface area contributed by atoms with E-state index in [1.165, 1.54) is 10.5 Å². The van der Waals surface area contributed by atoms with Crippen LogP contribution in [0.1, 0.15) is 19.8 Å². The molecule has 6 heteroatoms. The molecule has 0 bridgehead atoms. The van der Waals surface area contributed by atoms with Gasteiger partial charge in [-0.05, 0) is 31.5 Å². The lowest BCUT2D eigenvalue weighted by atomic mass is 10.4. The number of sulfonamides is 1. The predicted octanol–water partition coefficient (Wildman–Crippen LogP) is 0.831. The molecule has 0 fully saturated rings. The van der Waals surface area contributed by atoms with Crippen molar-refractivity contribution < 1.29 is 8.42 Å². The lowest BCUT2D eigenvalue weighted by Gasteiger charge is -2.21. The van der Waals surface area contributed by atoms with E-state index in [1.807, 2.05) is 6.92 Å². The molecule has 0 spiro atoms. The van der Waals surface area contributed by atoms with Crippen LogP contribution >= 0.6 is 0 Å². The highest BCUT2D eigenvalue weighted by Crippen LogP contribution is 2.14. The summed E-state index contributed by atoms with van der Waals surface area (Å²) in [7, 11) is -3.42. The molecule has 1 aromatic rings. The third-order valence-corrected chi connectivity index (χ3v) is 4.24. The molecule has 0 amide bonds. The van der Waals surface area contributed by atoms with Crippen molar-refractivity contribution in [2.75, 3.05) is 19.6 Å². The average molecular weight is 257 g/mol. The summed E-state index contributed by atoms with van der Waals surface area (Å²) in [6.45, 7) is 3.41. The molecule has 0 aliphatic rings. The van der Waals surface area contributed by atoms with Gasteiger partial charge in [-0.25, -0.2) is 8.42 Å². The Morgan fingerprint density at radius 2 is 2.18 bits per heavy atom. The molecule has 1 heterocycles. The summed E-state index contributed by atoms with van der Waals surface area (Å²) in [6, 6.07) is 3.19. The number of hydrogen-bond donors (Lipinski definition) is 1. The Hall–Kier alpha value is -0.980. The van der Waals surface area contributed by atoms with E-state index in [1.54, 1.807) is 18.3 Å². The highest BCUT2D eigenvalue weighted by Gasteiger charge is 2.22. The van der Waals surface area contributed by atoms with Gasteiger partial charge in [-0.15, -0.1) is 0 Å². The number of nitrogens with two attached hydrogens (primary N) is 1. The SMILES string of the molecule is CCCN(CCCN)S(=O)(=O)c1cccnc1. The summed E-state index contributed by atoms with van der Waals surface area (Å²) < 4.78 is 26.0. The van der Waals surface area contributed by atoms with E-state index in [-0.39, 0.29) is 4.90 Å². The van der Waals surface area contributed by atoms with Crippen molar-refractivity contribution in [1.29, 1.82) is 0 Å². The molecule has 1 aromatic heterocycles. The second-order valence-corrected chi connectivity index (χ2v) is 5.67. The van der Waals surface area contributed by atoms with Gasteiger partial charge in [0.15, 0.2) is 0 Å². The second kappa shape index (κ2) is 6.68. The standard InChI is InChI=1S/C11H19N3O2S/c1-2-8-14(9-4-6-12)17(15,16)11-5-3-7-13-10-11/h3,5,7,10H,2,4,6,8-9,12H2,1H3. The van der Waals surface area contributed by atoms with E-state index >= 15 is 0 Å². The van der Waals surface area contributed by atoms with Gasteiger partial charge in [-0.2, -0.15) is 4.31 Å². The zero-order valence-corrected chi connectivity index (χ0v) is 10.9. The van der Waals surface area contributed by atoms with E-state index in [2.05, 4.69) is 4.98 Å². The van der Waals surface area contributed by atoms with Crippen molar-refractivity contribution >= 4 is 10.0 Å². The molecule has 2 N–H and O–H groups in total. The lowest BCUT2D eigenvalue weighted by Crippen LogP contribution is -2.33. The summed E-state index contributed by atoms with van der Waals surface area (Å²) >= 11 is 0. The molecule has 1 rings (SSSR count). The fourth-order valence-corrected chi connectivity index (χ4v) is 3.05. The molecule has 0 saturated heterocycles. The summed E-state index contributed by atoms with van der Waals surface area (Å²) in [6.07, 6.45) is 4.38. The number of rotatable bonds is 7. The monoisotopic (exact) mass is 257 g/mol. The first-order valence-electron chi connectivity index (χ1n) is 5.73. The Balaban J connectivity index is 2.92. The molecule has 0 aromatic carbocycles. The normalized spacial score (nSPS) is 11.9. The van der Waals surface area contributed by atoms with Crippen molar-refractivity contribution in [2.45, 2.75) is 24.7 Å². The fraction of sp³-hybridized carbons (Fsp3) is 0.545. The zero-order valence-electron chi connectivity index (χ0n) is 10.0. The van der Waals surface area contributed by atoms with Crippen LogP contribution < -0.4 is 5.73 Å². The van der Waals surface area contributed by atoms with Gasteiger partial charge in [-0.1, -0.05) is 6.92 Å². The van der Waals surface area contributed by atoms with Crippen LogP contribution in [0.5, 0.6) is 0 Å². The predicted molar refractivity (Wildman–Crippen MR) is 67.0 cm³/mol. The minimum absolute atomic E-state index is 0.241. The average Bonchev–Trinajstić information content (AvgIpc) is 2.35. The Labute approximate surface area is 103 Å². The van der Waals surface area contributed by atoms with Gasteiger partial charge in [0.25, 0.3) is 0 Å². The minimum Gasteiger partial charge on any atom is -0.330 e. The molecule has 0 aliphatic carbocycles. The van der Waals surface area contributed by atoms with Crippen LogP contribution in [-0.2, 0) is 10.0 Å². The van der Waals surface area contributed by atoms with Crippen LogP contribution in [0, 0.1) is 0 Å². The van der Waals surface area contributed by atoms with E-state index in [0.29, 0.717) is 26.1 Å². The Morgan fingerprint density at radius 1 is 1.41 bits per heavy atom. The summed E-state index contributed by atoms with van der Waals surface area (Å²) in [5.41, 5.74) is 5.42. The molecule has 5 nitrogen and oxygen atoms in total. The first kappa shape index (κ1) is 14.1. The lowest BCUT2D eigenvalue weighted by molar-refractivity contribution is 0.406. The Morgan fingerprint density at radius 3 is 2.71 bits per heavy atom. The quantitative estimate of drug-likeness (QED) is 0.785. The third kappa shape index (κ3) is 3.76. The first-order chi connectivity index (χ1) is 8.12. The van der Waals surface area contributed by atoms with E-state index in [4.69, 9.17) is 5.73 Å². The number of hydrogen-bond acceptors (Lipinski definition) is 4. The van der Waals surface area contributed by atoms with Crippen LogP contribution in [0.15, 0.2) is 29.4 Å². The van der Waals surface area contributed by atoms with Crippen molar-refractivity contribution in [2.24, 2.45) is 5.73 Å². The molecule has 0 radical (unpaired) electrons. The molecule has 0 saturated carbocycles. The molecular weight excluding hydrogens is 238 g/mol.